The minimum absolute atomic E-state index is 0.158. The normalized spacial score (nSPS) is 11.0. The van der Waals surface area contributed by atoms with E-state index in [-0.39, 0.29) is 11.5 Å². The molecule has 1 aromatic heterocycles. The van der Waals surface area contributed by atoms with Gasteiger partial charge in [-0.25, -0.2) is 9.78 Å². The van der Waals surface area contributed by atoms with Gasteiger partial charge >= 0.3 is 6.09 Å². The number of nitrogen functional groups attached to an aromatic ring is 1. The molecule has 2 aromatic rings. The van der Waals surface area contributed by atoms with Crippen LogP contribution in [-0.2, 0) is 0 Å². The second-order valence-corrected chi connectivity index (χ2v) is 5.77. The third kappa shape index (κ3) is 2.72. The third-order valence-electron chi connectivity index (χ3n) is 3.16. The summed E-state index contributed by atoms with van der Waals surface area (Å²) in [6, 6.07) is 8.76. The molecule has 0 fully saturated rings. The molecular weight excluding hydrogens is 282 g/mol. The molecule has 0 radical (unpaired) electrons. The molecule has 0 saturated carbocycles. The quantitative estimate of drug-likeness (QED) is 0.886. The zero-order valence-corrected chi connectivity index (χ0v) is 12.6. The van der Waals surface area contributed by atoms with E-state index >= 15 is 0 Å². The Balaban J connectivity index is 2.40. The van der Waals surface area contributed by atoms with Gasteiger partial charge in [0.25, 0.3) is 0 Å². The second-order valence-electron chi connectivity index (χ2n) is 5.77. The summed E-state index contributed by atoms with van der Waals surface area (Å²) in [6.07, 6.45) is 0.441. The van der Waals surface area contributed by atoms with Gasteiger partial charge in [0, 0.05) is 16.9 Å². The Hall–Kier alpha value is -3.01. The van der Waals surface area contributed by atoms with Crippen LogP contribution in [0.25, 0.3) is 5.69 Å². The molecule has 1 heterocycles. The molecule has 0 spiro atoms. The number of hydrogen-bond acceptors (Lipinski definition) is 4. The first kappa shape index (κ1) is 15.4. The standard InChI is InChI=1S/C15H17N5O2/c1-15(2,3)20(14(21)22)11-6-4-10(5-7-11)19-9-18-12(8-16)13(19)17/h4-7,9H,17H2,1-3H3,(H,21,22). The first-order chi connectivity index (χ1) is 10.3. The minimum atomic E-state index is -1.02. The van der Waals surface area contributed by atoms with Crippen LogP contribution in [0.4, 0.5) is 16.3 Å². The smallest absolute Gasteiger partial charge is 0.412 e. The highest BCUT2D eigenvalue weighted by Gasteiger charge is 2.27. The van der Waals surface area contributed by atoms with Crippen molar-refractivity contribution in [2.75, 3.05) is 10.6 Å². The van der Waals surface area contributed by atoms with Crippen LogP contribution in [0, 0.1) is 11.3 Å². The maximum Gasteiger partial charge on any atom is 0.412 e. The Kier molecular flexibility index (Phi) is 3.78. The molecule has 2 rings (SSSR count). The number of amides is 1. The molecule has 1 aromatic carbocycles. The Morgan fingerprint density at radius 1 is 1.36 bits per heavy atom. The number of carbonyl (C=O) groups is 1. The Morgan fingerprint density at radius 2 is 1.95 bits per heavy atom. The lowest BCUT2D eigenvalue weighted by atomic mass is 10.1. The van der Waals surface area contributed by atoms with Crippen LogP contribution in [-0.4, -0.2) is 26.3 Å². The fourth-order valence-corrected chi connectivity index (χ4v) is 2.20. The number of hydrogen-bond donors (Lipinski definition) is 2. The van der Waals surface area contributed by atoms with E-state index in [2.05, 4.69) is 4.98 Å². The molecule has 3 N–H and O–H groups in total. The summed E-state index contributed by atoms with van der Waals surface area (Å²) in [7, 11) is 0. The second kappa shape index (κ2) is 5.41. The van der Waals surface area contributed by atoms with Gasteiger partial charge in [0.2, 0.25) is 0 Å². The summed E-state index contributed by atoms with van der Waals surface area (Å²) in [5.74, 6) is 0.251. The Morgan fingerprint density at radius 3 is 2.36 bits per heavy atom. The number of aromatic nitrogens is 2. The molecule has 0 aliphatic carbocycles. The molecule has 7 heteroatoms. The summed E-state index contributed by atoms with van der Waals surface area (Å²) in [5, 5.41) is 18.3. The van der Waals surface area contributed by atoms with Gasteiger partial charge in [0.1, 0.15) is 18.2 Å². The van der Waals surface area contributed by atoms with E-state index in [1.165, 1.54) is 11.2 Å². The summed E-state index contributed by atoms with van der Waals surface area (Å²) >= 11 is 0. The van der Waals surface area contributed by atoms with E-state index in [1.54, 1.807) is 28.8 Å². The van der Waals surface area contributed by atoms with Crippen molar-refractivity contribution in [2.24, 2.45) is 0 Å². The van der Waals surface area contributed by atoms with Gasteiger partial charge in [-0.05, 0) is 45.0 Å². The Labute approximate surface area is 128 Å². The third-order valence-corrected chi connectivity index (χ3v) is 3.16. The van der Waals surface area contributed by atoms with E-state index < -0.39 is 11.6 Å². The zero-order chi connectivity index (χ0) is 16.5. The van der Waals surface area contributed by atoms with E-state index in [0.717, 1.165) is 0 Å². The monoisotopic (exact) mass is 299 g/mol. The van der Waals surface area contributed by atoms with Crippen molar-refractivity contribution in [2.45, 2.75) is 26.3 Å². The highest BCUT2D eigenvalue weighted by atomic mass is 16.4. The van der Waals surface area contributed by atoms with Crippen LogP contribution < -0.4 is 10.6 Å². The van der Waals surface area contributed by atoms with E-state index in [4.69, 9.17) is 11.0 Å². The minimum Gasteiger partial charge on any atom is -0.465 e. The number of anilines is 2. The van der Waals surface area contributed by atoms with E-state index in [9.17, 15) is 9.90 Å². The van der Waals surface area contributed by atoms with Gasteiger partial charge in [-0.3, -0.25) is 9.47 Å². The largest absolute Gasteiger partial charge is 0.465 e. The lowest BCUT2D eigenvalue weighted by Crippen LogP contribution is -2.45. The topological polar surface area (TPSA) is 108 Å². The molecule has 0 aliphatic rings. The van der Waals surface area contributed by atoms with Crippen molar-refractivity contribution in [3.8, 4) is 11.8 Å². The first-order valence-electron chi connectivity index (χ1n) is 6.62. The van der Waals surface area contributed by atoms with Crippen molar-refractivity contribution >= 4 is 17.6 Å². The summed E-state index contributed by atoms with van der Waals surface area (Å²) in [6.45, 7) is 5.46. The highest BCUT2D eigenvalue weighted by Crippen LogP contribution is 2.26. The van der Waals surface area contributed by atoms with Gasteiger partial charge < -0.3 is 10.8 Å². The first-order valence-corrected chi connectivity index (χ1v) is 6.62. The predicted molar refractivity (Wildman–Crippen MR) is 82.9 cm³/mol. The molecule has 0 bridgehead atoms. The lowest BCUT2D eigenvalue weighted by Gasteiger charge is -2.33. The molecule has 0 aliphatic heterocycles. The van der Waals surface area contributed by atoms with Crippen molar-refractivity contribution in [3.63, 3.8) is 0 Å². The molecular formula is C15H17N5O2. The highest BCUT2D eigenvalue weighted by molar-refractivity contribution is 5.87. The summed E-state index contributed by atoms with van der Waals surface area (Å²) in [4.78, 5) is 16.6. The van der Waals surface area contributed by atoms with Crippen LogP contribution in [0.2, 0.25) is 0 Å². The van der Waals surface area contributed by atoms with Crippen LogP contribution in [0.1, 0.15) is 26.5 Å². The number of nitrogens with zero attached hydrogens (tertiary/aromatic N) is 4. The maximum atomic E-state index is 11.5. The van der Waals surface area contributed by atoms with E-state index in [1.807, 2.05) is 26.8 Å². The average Bonchev–Trinajstić information content (AvgIpc) is 2.79. The predicted octanol–water partition coefficient (Wildman–Crippen LogP) is 2.61. The van der Waals surface area contributed by atoms with Crippen molar-refractivity contribution in [3.05, 3.63) is 36.3 Å². The van der Waals surface area contributed by atoms with Crippen molar-refractivity contribution in [1.82, 2.24) is 9.55 Å². The number of benzene rings is 1. The molecule has 0 saturated heterocycles. The van der Waals surface area contributed by atoms with Gasteiger partial charge in [-0.2, -0.15) is 5.26 Å². The summed E-state index contributed by atoms with van der Waals surface area (Å²) < 4.78 is 1.57. The van der Waals surface area contributed by atoms with Crippen molar-refractivity contribution in [1.29, 1.82) is 5.26 Å². The molecule has 1 amide bonds. The van der Waals surface area contributed by atoms with Crippen LogP contribution >= 0.6 is 0 Å². The molecule has 7 nitrogen and oxygen atoms in total. The molecule has 114 valence electrons. The number of carboxylic acid groups (broad SMARTS) is 1. The maximum absolute atomic E-state index is 11.5. The average molecular weight is 299 g/mol. The number of nitrogens with two attached hydrogens (primary N) is 1. The fourth-order valence-electron chi connectivity index (χ4n) is 2.20. The summed E-state index contributed by atoms with van der Waals surface area (Å²) in [5.41, 5.74) is 6.69. The Bertz CT molecular complexity index is 735. The molecule has 22 heavy (non-hydrogen) atoms. The molecule has 0 atom stereocenters. The SMILES string of the molecule is CC(C)(C)N(C(=O)O)c1ccc(-n2cnc(C#N)c2N)cc1. The van der Waals surface area contributed by atoms with Crippen LogP contribution in [0.5, 0.6) is 0 Å². The van der Waals surface area contributed by atoms with Crippen LogP contribution in [0.3, 0.4) is 0 Å². The number of rotatable bonds is 2. The van der Waals surface area contributed by atoms with E-state index in [0.29, 0.717) is 11.4 Å². The number of nitriles is 1. The van der Waals surface area contributed by atoms with Crippen LogP contribution in [0.15, 0.2) is 30.6 Å². The van der Waals surface area contributed by atoms with Gasteiger partial charge in [-0.15, -0.1) is 0 Å². The van der Waals surface area contributed by atoms with Gasteiger partial charge in [0.05, 0.1) is 0 Å². The van der Waals surface area contributed by atoms with Crippen molar-refractivity contribution < 1.29 is 9.90 Å². The van der Waals surface area contributed by atoms with Gasteiger partial charge in [0.15, 0.2) is 5.69 Å². The number of imidazole rings is 1. The molecule has 0 unspecified atom stereocenters. The fraction of sp³-hybridized carbons (Fsp3) is 0.267. The lowest BCUT2D eigenvalue weighted by molar-refractivity contribution is 0.195. The van der Waals surface area contributed by atoms with Gasteiger partial charge in [-0.1, -0.05) is 0 Å². The zero-order valence-electron chi connectivity index (χ0n) is 12.6.